The summed E-state index contributed by atoms with van der Waals surface area (Å²) in [7, 11) is 1.74. The Kier molecular flexibility index (Phi) is 1.31. The number of hydrogen-bond acceptors (Lipinski definition) is 2. The molecule has 0 fully saturated rings. The lowest BCUT2D eigenvalue weighted by molar-refractivity contribution is 0.792. The molecule has 1 aliphatic heterocycles. The quantitative estimate of drug-likeness (QED) is 0.475. The molecular formula is C3H3N3S2. The molecule has 42 valence electrons. The maximum Gasteiger partial charge on any atom is 0.222 e. The zero-order chi connectivity index (χ0) is 6.15. The topological polar surface area (TPSA) is 28.0 Å². The lowest BCUT2D eigenvalue weighted by Gasteiger charge is -2.02. The Morgan fingerprint density at radius 3 is 1.75 bits per heavy atom. The number of hydrogen-bond donors (Lipinski definition) is 0. The number of thiocarbonyl (C=S) groups is 2. The lowest BCUT2D eigenvalue weighted by atomic mass is 10.9. The highest BCUT2D eigenvalue weighted by molar-refractivity contribution is 7.82. The Balaban J connectivity index is 2.84. The highest BCUT2D eigenvalue weighted by atomic mass is 32.1. The average molecular weight is 145 g/mol. The third-order valence-corrected chi connectivity index (χ3v) is 1.51. The highest BCUT2D eigenvalue weighted by Gasteiger charge is 2.13. The predicted octanol–water partition coefficient (Wildman–Crippen LogP) is 0.954. The van der Waals surface area contributed by atoms with E-state index in [9.17, 15) is 0 Å². The van der Waals surface area contributed by atoms with Gasteiger partial charge in [0.05, 0.1) is 0 Å². The standard InChI is InChI=1S/C3H3N3S2/c1-6-2(7)4-5-3(6)8/h1H3. The molecule has 5 heteroatoms. The van der Waals surface area contributed by atoms with Gasteiger partial charge >= 0.3 is 0 Å². The van der Waals surface area contributed by atoms with Gasteiger partial charge in [-0.15, -0.1) is 10.2 Å². The van der Waals surface area contributed by atoms with E-state index < -0.39 is 0 Å². The van der Waals surface area contributed by atoms with Crippen LogP contribution < -0.4 is 0 Å². The van der Waals surface area contributed by atoms with Gasteiger partial charge in [0.25, 0.3) is 0 Å². The predicted molar refractivity (Wildman–Crippen MR) is 37.8 cm³/mol. The zero-order valence-corrected chi connectivity index (χ0v) is 5.79. The zero-order valence-electron chi connectivity index (χ0n) is 4.16. The second kappa shape index (κ2) is 1.83. The molecule has 0 saturated heterocycles. The van der Waals surface area contributed by atoms with Crippen molar-refractivity contribution >= 4 is 34.7 Å². The third kappa shape index (κ3) is 0.740. The van der Waals surface area contributed by atoms with Crippen LogP contribution in [0.15, 0.2) is 10.2 Å². The van der Waals surface area contributed by atoms with Gasteiger partial charge < -0.3 is 0 Å². The molecule has 0 unspecified atom stereocenters. The van der Waals surface area contributed by atoms with Crippen LogP contribution in [-0.4, -0.2) is 22.2 Å². The molecule has 0 aromatic heterocycles. The average Bonchev–Trinajstić information content (AvgIpc) is 1.98. The van der Waals surface area contributed by atoms with Crippen LogP contribution in [0.5, 0.6) is 0 Å². The molecule has 0 saturated carbocycles. The van der Waals surface area contributed by atoms with E-state index in [2.05, 4.69) is 10.2 Å². The maximum atomic E-state index is 4.70. The molecule has 0 atom stereocenters. The largest absolute Gasteiger partial charge is 0.293 e. The molecule has 0 spiro atoms. The molecular weight excluding hydrogens is 142 g/mol. The Morgan fingerprint density at radius 1 is 1.25 bits per heavy atom. The van der Waals surface area contributed by atoms with Crippen molar-refractivity contribution in [1.82, 2.24) is 4.90 Å². The van der Waals surface area contributed by atoms with E-state index in [-0.39, 0.29) is 0 Å². The summed E-state index contributed by atoms with van der Waals surface area (Å²) in [6.07, 6.45) is 0. The summed E-state index contributed by atoms with van der Waals surface area (Å²) in [5, 5.41) is 7.96. The first-order valence-corrected chi connectivity index (χ1v) is 2.77. The minimum absolute atomic E-state index is 0.440. The summed E-state index contributed by atoms with van der Waals surface area (Å²) in [4.78, 5) is 1.57. The molecule has 1 aliphatic rings. The van der Waals surface area contributed by atoms with Crippen LogP contribution in [0.3, 0.4) is 0 Å². The molecule has 0 aliphatic carbocycles. The first-order valence-electron chi connectivity index (χ1n) is 1.95. The van der Waals surface area contributed by atoms with Crippen LogP contribution >= 0.6 is 24.4 Å². The van der Waals surface area contributed by atoms with Crippen molar-refractivity contribution in [1.29, 1.82) is 0 Å². The fraction of sp³-hybridized carbons (Fsp3) is 0.333. The van der Waals surface area contributed by atoms with Gasteiger partial charge in [0.2, 0.25) is 10.2 Å². The smallest absolute Gasteiger partial charge is 0.222 e. The van der Waals surface area contributed by atoms with Gasteiger partial charge in [0, 0.05) is 7.05 Å². The molecule has 8 heavy (non-hydrogen) atoms. The highest BCUT2D eigenvalue weighted by Crippen LogP contribution is 2.03. The fourth-order valence-corrected chi connectivity index (χ4v) is 0.614. The van der Waals surface area contributed by atoms with Crippen LogP contribution in [0.25, 0.3) is 0 Å². The minimum Gasteiger partial charge on any atom is -0.293 e. The molecule has 1 heterocycles. The molecule has 0 aromatic rings. The summed E-state index contributed by atoms with van der Waals surface area (Å²) in [5.41, 5.74) is 0. The Bertz CT molecular complexity index is 155. The first kappa shape index (κ1) is 5.71. The van der Waals surface area contributed by atoms with Gasteiger partial charge in [-0.05, 0) is 24.4 Å². The second-order valence-corrected chi connectivity index (χ2v) is 2.05. The fourth-order valence-electron chi connectivity index (χ4n) is 0.302. The van der Waals surface area contributed by atoms with Crippen molar-refractivity contribution in [2.24, 2.45) is 10.2 Å². The van der Waals surface area contributed by atoms with Gasteiger partial charge in [-0.1, -0.05) is 0 Å². The SMILES string of the molecule is CN1C(=S)N=NC1=S. The van der Waals surface area contributed by atoms with E-state index in [1.54, 1.807) is 11.9 Å². The van der Waals surface area contributed by atoms with E-state index in [4.69, 9.17) is 24.4 Å². The van der Waals surface area contributed by atoms with Crippen molar-refractivity contribution in [3.63, 3.8) is 0 Å². The van der Waals surface area contributed by atoms with E-state index in [0.717, 1.165) is 0 Å². The molecule has 1 rings (SSSR count). The normalized spacial score (nSPS) is 18.4. The van der Waals surface area contributed by atoms with E-state index in [0.29, 0.717) is 10.2 Å². The van der Waals surface area contributed by atoms with Crippen LogP contribution in [0, 0.1) is 0 Å². The maximum absolute atomic E-state index is 4.70. The van der Waals surface area contributed by atoms with Crippen molar-refractivity contribution in [3.8, 4) is 0 Å². The van der Waals surface area contributed by atoms with Crippen LogP contribution in [0.1, 0.15) is 0 Å². The van der Waals surface area contributed by atoms with Gasteiger partial charge in [0.15, 0.2) is 0 Å². The summed E-state index contributed by atoms with van der Waals surface area (Å²) < 4.78 is 0. The number of rotatable bonds is 0. The summed E-state index contributed by atoms with van der Waals surface area (Å²) >= 11 is 9.39. The van der Waals surface area contributed by atoms with Gasteiger partial charge in [-0.3, -0.25) is 4.90 Å². The van der Waals surface area contributed by atoms with Crippen molar-refractivity contribution < 1.29 is 0 Å². The van der Waals surface area contributed by atoms with Crippen LogP contribution in [0.4, 0.5) is 0 Å². The van der Waals surface area contributed by atoms with E-state index >= 15 is 0 Å². The lowest BCUT2D eigenvalue weighted by Crippen LogP contribution is -2.21. The molecule has 0 N–H and O–H groups in total. The van der Waals surface area contributed by atoms with Crippen LogP contribution in [0.2, 0.25) is 0 Å². The number of azo groups is 1. The van der Waals surface area contributed by atoms with Crippen molar-refractivity contribution in [2.75, 3.05) is 7.05 Å². The third-order valence-electron chi connectivity index (χ3n) is 0.795. The van der Waals surface area contributed by atoms with Gasteiger partial charge in [-0.2, -0.15) is 0 Å². The molecule has 0 amide bonds. The van der Waals surface area contributed by atoms with Gasteiger partial charge in [0.1, 0.15) is 0 Å². The second-order valence-electron chi connectivity index (χ2n) is 1.32. The minimum atomic E-state index is 0.440. The van der Waals surface area contributed by atoms with Crippen LogP contribution in [-0.2, 0) is 0 Å². The summed E-state index contributed by atoms with van der Waals surface area (Å²) in [5.74, 6) is 0. The Labute approximate surface area is 57.4 Å². The van der Waals surface area contributed by atoms with E-state index in [1.807, 2.05) is 0 Å². The Hall–Kier alpha value is -0.420. The van der Waals surface area contributed by atoms with Crippen molar-refractivity contribution in [2.45, 2.75) is 0 Å². The Morgan fingerprint density at radius 2 is 1.62 bits per heavy atom. The first-order chi connectivity index (χ1) is 3.72. The van der Waals surface area contributed by atoms with Gasteiger partial charge in [-0.25, -0.2) is 0 Å². The molecule has 0 bridgehead atoms. The number of nitrogens with zero attached hydrogens (tertiary/aromatic N) is 3. The molecule has 0 radical (unpaired) electrons. The molecule has 0 aromatic carbocycles. The van der Waals surface area contributed by atoms with Crippen molar-refractivity contribution in [3.05, 3.63) is 0 Å². The van der Waals surface area contributed by atoms with E-state index in [1.165, 1.54) is 0 Å². The monoisotopic (exact) mass is 145 g/mol. The summed E-state index contributed by atoms with van der Waals surface area (Å²) in [6, 6.07) is 0. The summed E-state index contributed by atoms with van der Waals surface area (Å²) in [6.45, 7) is 0. The molecule has 3 nitrogen and oxygen atoms in total.